The summed E-state index contributed by atoms with van der Waals surface area (Å²) in [6.45, 7) is 10.5. The van der Waals surface area contributed by atoms with Gasteiger partial charge in [-0.2, -0.15) is 0 Å². The number of para-hydroxylation sites is 2. The molecule has 0 saturated heterocycles. The van der Waals surface area contributed by atoms with Crippen LogP contribution in [-0.2, 0) is 13.1 Å². The zero-order valence-electron chi connectivity index (χ0n) is 19.9. The van der Waals surface area contributed by atoms with Crippen molar-refractivity contribution in [1.29, 1.82) is 0 Å². The van der Waals surface area contributed by atoms with E-state index in [1.165, 1.54) is 5.56 Å². The Labute approximate surface area is 197 Å². The predicted molar refractivity (Wildman–Crippen MR) is 131 cm³/mol. The Kier molecular flexibility index (Phi) is 7.50. The minimum atomic E-state index is 0.0665. The van der Waals surface area contributed by atoms with Crippen LogP contribution in [0.2, 0.25) is 0 Å². The molecule has 0 radical (unpaired) electrons. The van der Waals surface area contributed by atoms with E-state index in [0.29, 0.717) is 24.8 Å². The van der Waals surface area contributed by atoms with Crippen LogP contribution in [-0.4, -0.2) is 29.6 Å². The number of benzene rings is 2. The Morgan fingerprint density at radius 3 is 2.58 bits per heavy atom. The first kappa shape index (κ1) is 23.1. The number of rotatable bonds is 4. The lowest BCUT2D eigenvalue weighted by atomic mass is 9.88. The second-order valence-corrected chi connectivity index (χ2v) is 9.36. The molecule has 5 nitrogen and oxygen atoms in total. The van der Waals surface area contributed by atoms with Crippen LogP contribution in [0, 0.1) is 5.41 Å². The molecule has 33 heavy (non-hydrogen) atoms. The standard InChI is InChI=1S/C28H34N2O3/c1-4-31-24-14-12-22(13-15-24)19-30-18-8-16-28(2,3)21-32-25-10-5-6-11-26(25)33-27-23(20-30)9-7-17-29-27/h5-7,9-15,17H,4,8,16,18-21H2,1-3H3. The topological polar surface area (TPSA) is 43.8 Å². The Hall–Kier alpha value is -3.05. The molecule has 1 aliphatic heterocycles. The molecule has 0 amide bonds. The zero-order chi connectivity index (χ0) is 23.1. The normalized spacial score (nSPS) is 16.6. The van der Waals surface area contributed by atoms with Gasteiger partial charge in [-0.25, -0.2) is 4.98 Å². The van der Waals surface area contributed by atoms with E-state index in [4.69, 9.17) is 14.2 Å². The lowest BCUT2D eigenvalue weighted by Gasteiger charge is -2.27. The lowest BCUT2D eigenvalue weighted by Crippen LogP contribution is -2.27. The van der Waals surface area contributed by atoms with Gasteiger partial charge in [-0.05, 0) is 67.6 Å². The number of hydrogen-bond acceptors (Lipinski definition) is 5. The van der Waals surface area contributed by atoms with E-state index in [0.717, 1.165) is 49.5 Å². The first-order valence-corrected chi connectivity index (χ1v) is 11.8. The van der Waals surface area contributed by atoms with E-state index in [1.54, 1.807) is 6.20 Å². The summed E-state index contributed by atoms with van der Waals surface area (Å²) in [5, 5.41) is 0. The van der Waals surface area contributed by atoms with Crippen LogP contribution in [0.25, 0.3) is 0 Å². The predicted octanol–water partition coefficient (Wildman–Crippen LogP) is 6.47. The second kappa shape index (κ2) is 10.7. The highest BCUT2D eigenvalue weighted by Crippen LogP contribution is 2.35. The van der Waals surface area contributed by atoms with Gasteiger partial charge in [0.05, 0.1) is 13.2 Å². The third-order valence-electron chi connectivity index (χ3n) is 5.89. The molecule has 0 fully saturated rings. The molecular weight excluding hydrogens is 412 g/mol. The van der Waals surface area contributed by atoms with E-state index in [2.05, 4.69) is 54.1 Å². The van der Waals surface area contributed by atoms with Crippen LogP contribution in [0.1, 0.15) is 44.7 Å². The van der Waals surface area contributed by atoms with Crippen molar-refractivity contribution < 1.29 is 14.2 Å². The molecule has 0 bridgehead atoms. The molecule has 1 aromatic heterocycles. The highest BCUT2D eigenvalue weighted by molar-refractivity contribution is 5.43. The number of pyridine rings is 1. The van der Waals surface area contributed by atoms with E-state index < -0.39 is 0 Å². The van der Waals surface area contributed by atoms with E-state index >= 15 is 0 Å². The van der Waals surface area contributed by atoms with Crippen molar-refractivity contribution in [2.75, 3.05) is 19.8 Å². The molecule has 0 aliphatic carbocycles. The van der Waals surface area contributed by atoms with Crippen molar-refractivity contribution in [3.8, 4) is 23.1 Å². The van der Waals surface area contributed by atoms with Gasteiger partial charge in [-0.1, -0.05) is 44.2 Å². The Morgan fingerprint density at radius 2 is 1.79 bits per heavy atom. The van der Waals surface area contributed by atoms with Crippen molar-refractivity contribution in [2.45, 2.75) is 46.7 Å². The molecule has 2 heterocycles. The van der Waals surface area contributed by atoms with Crippen molar-refractivity contribution >= 4 is 0 Å². The van der Waals surface area contributed by atoms with Crippen LogP contribution in [0.4, 0.5) is 0 Å². The monoisotopic (exact) mass is 446 g/mol. The van der Waals surface area contributed by atoms with Gasteiger partial charge in [0, 0.05) is 24.8 Å². The van der Waals surface area contributed by atoms with Gasteiger partial charge in [0.25, 0.3) is 0 Å². The van der Waals surface area contributed by atoms with Crippen LogP contribution < -0.4 is 14.2 Å². The van der Waals surface area contributed by atoms with Crippen LogP contribution in [0.5, 0.6) is 23.1 Å². The molecule has 5 heteroatoms. The summed E-state index contributed by atoms with van der Waals surface area (Å²) < 4.78 is 18.1. The van der Waals surface area contributed by atoms with Gasteiger partial charge in [0.2, 0.25) is 5.88 Å². The molecule has 0 spiro atoms. The Morgan fingerprint density at radius 1 is 1.00 bits per heavy atom. The van der Waals surface area contributed by atoms with Crippen molar-refractivity contribution in [1.82, 2.24) is 9.88 Å². The van der Waals surface area contributed by atoms with Crippen LogP contribution >= 0.6 is 0 Å². The molecule has 174 valence electrons. The van der Waals surface area contributed by atoms with E-state index in [1.807, 2.05) is 37.3 Å². The van der Waals surface area contributed by atoms with Gasteiger partial charge in [-0.3, -0.25) is 4.90 Å². The van der Waals surface area contributed by atoms with Crippen LogP contribution in [0.3, 0.4) is 0 Å². The summed E-state index contributed by atoms with van der Waals surface area (Å²) in [6.07, 6.45) is 3.95. The van der Waals surface area contributed by atoms with Crippen molar-refractivity contribution in [2.24, 2.45) is 5.41 Å². The van der Waals surface area contributed by atoms with Crippen molar-refractivity contribution in [3.63, 3.8) is 0 Å². The van der Waals surface area contributed by atoms with Crippen LogP contribution in [0.15, 0.2) is 66.9 Å². The van der Waals surface area contributed by atoms with Gasteiger partial charge < -0.3 is 14.2 Å². The Balaban J connectivity index is 1.61. The maximum absolute atomic E-state index is 6.29. The summed E-state index contributed by atoms with van der Waals surface area (Å²) in [6, 6.07) is 20.3. The second-order valence-electron chi connectivity index (χ2n) is 9.36. The number of ether oxygens (including phenoxy) is 3. The van der Waals surface area contributed by atoms with Gasteiger partial charge in [0.15, 0.2) is 11.5 Å². The number of fused-ring (bicyclic) bond motifs is 2. The highest BCUT2D eigenvalue weighted by atomic mass is 16.5. The molecule has 0 unspecified atom stereocenters. The average molecular weight is 447 g/mol. The van der Waals surface area contributed by atoms with Gasteiger partial charge >= 0.3 is 0 Å². The molecule has 4 rings (SSSR count). The van der Waals surface area contributed by atoms with Gasteiger partial charge in [0.1, 0.15) is 5.75 Å². The molecule has 1 aliphatic rings. The first-order valence-electron chi connectivity index (χ1n) is 11.8. The summed E-state index contributed by atoms with van der Waals surface area (Å²) in [5.74, 6) is 3.00. The highest BCUT2D eigenvalue weighted by Gasteiger charge is 2.22. The maximum Gasteiger partial charge on any atom is 0.223 e. The SMILES string of the molecule is CCOc1ccc(CN2CCCC(C)(C)COc3ccccc3Oc3ncccc3C2)cc1. The first-order chi connectivity index (χ1) is 16.0. The third kappa shape index (κ3) is 6.48. The maximum atomic E-state index is 6.29. The fraction of sp³-hybridized carbons (Fsp3) is 0.393. The summed E-state index contributed by atoms with van der Waals surface area (Å²) in [5.41, 5.74) is 2.40. The lowest BCUT2D eigenvalue weighted by molar-refractivity contribution is 0.154. The van der Waals surface area contributed by atoms with Gasteiger partial charge in [-0.15, -0.1) is 0 Å². The molecule has 0 saturated carbocycles. The molecule has 3 aromatic rings. The van der Waals surface area contributed by atoms with Crippen molar-refractivity contribution in [3.05, 3.63) is 78.0 Å². The fourth-order valence-electron chi connectivity index (χ4n) is 4.09. The van der Waals surface area contributed by atoms with E-state index in [9.17, 15) is 0 Å². The molecular formula is C28H34N2O3. The summed E-state index contributed by atoms with van der Waals surface area (Å²) in [4.78, 5) is 7.02. The summed E-state index contributed by atoms with van der Waals surface area (Å²) >= 11 is 0. The number of hydrogen-bond donors (Lipinski definition) is 0. The molecule has 2 aromatic carbocycles. The average Bonchev–Trinajstić information content (AvgIpc) is 2.81. The third-order valence-corrected chi connectivity index (χ3v) is 5.89. The fourth-order valence-corrected chi connectivity index (χ4v) is 4.09. The largest absolute Gasteiger partial charge is 0.494 e. The molecule has 0 atom stereocenters. The minimum absolute atomic E-state index is 0.0665. The Bertz CT molecular complexity index is 1030. The smallest absolute Gasteiger partial charge is 0.223 e. The molecule has 0 N–H and O–H groups in total. The summed E-state index contributed by atoms with van der Waals surface area (Å²) in [7, 11) is 0. The quantitative estimate of drug-likeness (QED) is 0.459. The van der Waals surface area contributed by atoms with E-state index in [-0.39, 0.29) is 5.41 Å². The zero-order valence-corrected chi connectivity index (χ0v) is 19.9. The minimum Gasteiger partial charge on any atom is -0.494 e. The number of nitrogens with zero attached hydrogens (tertiary/aromatic N) is 2. The number of aromatic nitrogens is 1.